The molecule has 25 heavy (non-hydrogen) atoms. The van der Waals surface area contributed by atoms with Crippen molar-refractivity contribution in [2.24, 2.45) is 0 Å². The van der Waals surface area contributed by atoms with E-state index in [0.29, 0.717) is 31.0 Å². The summed E-state index contributed by atoms with van der Waals surface area (Å²) in [7, 11) is 0. The first-order valence-electron chi connectivity index (χ1n) is 7.63. The Bertz CT molecular complexity index is 720. The first-order valence-corrected chi connectivity index (χ1v) is 7.63. The molecule has 1 aromatic carbocycles. The largest absolute Gasteiger partial charge is 0.573 e. The van der Waals surface area contributed by atoms with Crippen molar-refractivity contribution in [3.63, 3.8) is 0 Å². The zero-order valence-corrected chi connectivity index (χ0v) is 13.1. The number of likely N-dealkylation sites (tertiary alicyclic amines) is 1. The number of aromatic nitrogens is 1. The van der Waals surface area contributed by atoms with Crippen LogP contribution in [0.15, 0.2) is 48.7 Å². The van der Waals surface area contributed by atoms with Crippen LogP contribution in [0.5, 0.6) is 11.6 Å². The molecule has 2 heterocycles. The Morgan fingerprint density at radius 3 is 2.56 bits per heavy atom. The van der Waals surface area contributed by atoms with Crippen molar-refractivity contribution in [2.45, 2.75) is 18.9 Å². The van der Waals surface area contributed by atoms with E-state index in [1.54, 1.807) is 23.2 Å². The van der Waals surface area contributed by atoms with Crippen molar-refractivity contribution in [2.75, 3.05) is 13.1 Å². The van der Waals surface area contributed by atoms with Crippen molar-refractivity contribution in [1.29, 1.82) is 0 Å². The zero-order chi connectivity index (χ0) is 17.9. The van der Waals surface area contributed by atoms with Crippen molar-refractivity contribution < 1.29 is 27.4 Å². The number of halogens is 3. The predicted octanol–water partition coefficient (Wildman–Crippen LogP) is 3.27. The summed E-state index contributed by atoms with van der Waals surface area (Å²) in [5, 5.41) is 0. The maximum Gasteiger partial charge on any atom is 0.573 e. The van der Waals surface area contributed by atoms with Gasteiger partial charge in [0.05, 0.1) is 6.54 Å². The van der Waals surface area contributed by atoms with E-state index in [-0.39, 0.29) is 17.8 Å². The lowest BCUT2D eigenvalue weighted by molar-refractivity contribution is -0.274. The van der Waals surface area contributed by atoms with Gasteiger partial charge in [-0.1, -0.05) is 6.07 Å². The Balaban J connectivity index is 1.58. The minimum absolute atomic E-state index is 0.160. The van der Waals surface area contributed by atoms with E-state index >= 15 is 0 Å². The number of nitrogens with zero attached hydrogens (tertiary/aromatic N) is 2. The molecule has 1 aromatic heterocycles. The third-order valence-electron chi connectivity index (χ3n) is 3.69. The molecule has 1 saturated heterocycles. The van der Waals surface area contributed by atoms with Crippen LogP contribution >= 0.6 is 0 Å². The van der Waals surface area contributed by atoms with Crippen molar-refractivity contribution in [3.8, 4) is 11.6 Å². The minimum Gasteiger partial charge on any atom is -0.472 e. The normalized spacial score (nSPS) is 17.4. The number of rotatable bonds is 4. The number of pyridine rings is 1. The second-order valence-corrected chi connectivity index (χ2v) is 5.52. The van der Waals surface area contributed by atoms with Crippen molar-refractivity contribution in [1.82, 2.24) is 9.88 Å². The van der Waals surface area contributed by atoms with Gasteiger partial charge in [0, 0.05) is 30.8 Å². The van der Waals surface area contributed by atoms with Gasteiger partial charge >= 0.3 is 6.36 Å². The molecule has 1 aliphatic rings. The number of carbonyl (C=O) groups is 1. The maximum atomic E-state index is 12.4. The highest BCUT2D eigenvalue weighted by atomic mass is 19.4. The quantitative estimate of drug-likeness (QED) is 0.847. The summed E-state index contributed by atoms with van der Waals surface area (Å²) < 4.78 is 46.0. The van der Waals surface area contributed by atoms with Crippen molar-refractivity contribution in [3.05, 3.63) is 54.2 Å². The van der Waals surface area contributed by atoms with Crippen molar-refractivity contribution >= 4 is 5.91 Å². The van der Waals surface area contributed by atoms with Crippen LogP contribution in [0.4, 0.5) is 13.2 Å². The molecule has 0 aliphatic carbocycles. The summed E-state index contributed by atoms with van der Waals surface area (Å²) in [6.45, 7) is 0.910. The lowest BCUT2D eigenvalue weighted by Gasteiger charge is -2.17. The fourth-order valence-corrected chi connectivity index (χ4v) is 2.58. The molecule has 0 N–H and O–H groups in total. The second kappa shape index (κ2) is 7.00. The van der Waals surface area contributed by atoms with Gasteiger partial charge in [0.15, 0.2) is 0 Å². The van der Waals surface area contributed by atoms with E-state index in [9.17, 15) is 18.0 Å². The molecular weight excluding hydrogens is 337 g/mol. The molecule has 1 amide bonds. The molecule has 0 spiro atoms. The number of alkyl halides is 3. The topological polar surface area (TPSA) is 51.7 Å². The molecule has 0 saturated carbocycles. The molecule has 3 rings (SSSR count). The molecule has 8 heteroatoms. The Labute approximate surface area is 142 Å². The van der Waals surface area contributed by atoms with Gasteiger partial charge in [-0.25, -0.2) is 4.98 Å². The molecule has 2 aromatic rings. The van der Waals surface area contributed by atoms with Crippen LogP contribution in [0.25, 0.3) is 0 Å². The highest BCUT2D eigenvalue weighted by molar-refractivity contribution is 5.94. The fourth-order valence-electron chi connectivity index (χ4n) is 2.58. The maximum absolute atomic E-state index is 12.4. The van der Waals surface area contributed by atoms with E-state index in [1.807, 2.05) is 6.07 Å². The van der Waals surface area contributed by atoms with E-state index < -0.39 is 6.36 Å². The molecule has 1 fully saturated rings. The number of ether oxygens (including phenoxy) is 2. The lowest BCUT2D eigenvalue weighted by atomic mass is 10.2. The third-order valence-corrected chi connectivity index (χ3v) is 3.69. The number of hydrogen-bond donors (Lipinski definition) is 0. The van der Waals surface area contributed by atoms with Crippen LogP contribution in [0.2, 0.25) is 0 Å². The van der Waals surface area contributed by atoms with Gasteiger partial charge in [0.25, 0.3) is 5.91 Å². The van der Waals surface area contributed by atoms with Gasteiger partial charge in [0.2, 0.25) is 5.88 Å². The highest BCUT2D eigenvalue weighted by Crippen LogP contribution is 2.24. The first-order chi connectivity index (χ1) is 11.9. The minimum atomic E-state index is -4.75. The summed E-state index contributed by atoms with van der Waals surface area (Å²) in [5.41, 5.74) is 0.299. The molecule has 0 radical (unpaired) electrons. The first kappa shape index (κ1) is 17.1. The molecule has 5 nitrogen and oxygen atoms in total. The van der Waals surface area contributed by atoms with Crippen LogP contribution in [0, 0.1) is 0 Å². The van der Waals surface area contributed by atoms with Crippen LogP contribution in [-0.2, 0) is 0 Å². The molecule has 132 valence electrons. The van der Waals surface area contributed by atoms with E-state index in [1.165, 1.54) is 12.1 Å². The Morgan fingerprint density at radius 2 is 1.92 bits per heavy atom. The van der Waals surface area contributed by atoms with Crippen LogP contribution in [-0.4, -0.2) is 41.3 Å². The Kier molecular flexibility index (Phi) is 4.78. The molecule has 1 aliphatic heterocycles. The fraction of sp³-hybridized carbons (Fsp3) is 0.294. The van der Waals surface area contributed by atoms with E-state index in [0.717, 1.165) is 12.1 Å². The summed E-state index contributed by atoms with van der Waals surface area (Å²) in [6.07, 6.45) is -2.63. The average molecular weight is 352 g/mol. The SMILES string of the molecule is O=C(c1ccc(OC(F)(F)F)cc1)N1CCC(Oc2ccccn2)C1. The number of hydrogen-bond acceptors (Lipinski definition) is 4. The lowest BCUT2D eigenvalue weighted by Crippen LogP contribution is -2.31. The Morgan fingerprint density at radius 1 is 1.16 bits per heavy atom. The molecular formula is C17H15F3N2O3. The van der Waals surface area contributed by atoms with E-state index in [2.05, 4.69) is 9.72 Å². The zero-order valence-electron chi connectivity index (χ0n) is 13.1. The predicted molar refractivity (Wildman–Crippen MR) is 82.3 cm³/mol. The summed E-state index contributed by atoms with van der Waals surface area (Å²) >= 11 is 0. The molecule has 1 unspecified atom stereocenters. The van der Waals surface area contributed by atoms with Gasteiger partial charge in [-0.15, -0.1) is 13.2 Å². The number of amides is 1. The van der Waals surface area contributed by atoms with Gasteiger partial charge in [-0.2, -0.15) is 0 Å². The summed E-state index contributed by atoms with van der Waals surface area (Å²) in [6, 6.07) is 10.2. The smallest absolute Gasteiger partial charge is 0.472 e. The van der Waals surface area contributed by atoms with Crippen LogP contribution in [0.3, 0.4) is 0 Å². The number of benzene rings is 1. The third kappa shape index (κ3) is 4.62. The van der Waals surface area contributed by atoms with Crippen LogP contribution in [0.1, 0.15) is 16.8 Å². The Hall–Kier alpha value is -2.77. The highest BCUT2D eigenvalue weighted by Gasteiger charge is 2.31. The number of carbonyl (C=O) groups excluding carboxylic acids is 1. The van der Waals surface area contributed by atoms with Crippen LogP contribution < -0.4 is 9.47 Å². The standard InChI is InChI=1S/C17H15F3N2O3/c18-17(19,20)25-13-6-4-12(5-7-13)16(23)22-10-8-14(11-22)24-15-3-1-2-9-21-15/h1-7,9,14H,8,10-11H2. The average Bonchev–Trinajstić information content (AvgIpc) is 3.03. The van der Waals surface area contributed by atoms with Gasteiger partial charge < -0.3 is 14.4 Å². The molecule has 1 atom stereocenters. The summed E-state index contributed by atoms with van der Waals surface area (Å²) in [4.78, 5) is 18.1. The monoisotopic (exact) mass is 352 g/mol. The molecule has 0 bridgehead atoms. The van der Waals surface area contributed by atoms with E-state index in [4.69, 9.17) is 4.74 Å². The van der Waals surface area contributed by atoms with Gasteiger partial charge in [0.1, 0.15) is 11.9 Å². The van der Waals surface area contributed by atoms with Gasteiger partial charge in [-0.3, -0.25) is 4.79 Å². The van der Waals surface area contributed by atoms with Gasteiger partial charge in [-0.05, 0) is 30.3 Å². The summed E-state index contributed by atoms with van der Waals surface area (Å²) in [5.74, 6) is -0.122. The second-order valence-electron chi connectivity index (χ2n) is 5.52.